The van der Waals surface area contributed by atoms with Crippen LogP contribution in [0.2, 0.25) is 0 Å². The van der Waals surface area contributed by atoms with Crippen LogP contribution in [0.4, 0.5) is 13.2 Å². The molecule has 17 heavy (non-hydrogen) atoms. The monoisotopic (exact) mass is 268 g/mol. The Balaban J connectivity index is 2.44. The quantitative estimate of drug-likeness (QED) is 0.582. The highest BCUT2D eigenvalue weighted by atomic mass is 35.5. The van der Waals surface area contributed by atoms with E-state index in [0.29, 0.717) is 19.1 Å². The van der Waals surface area contributed by atoms with Crippen LogP contribution in [-0.2, 0) is 10.9 Å². The molecule has 0 saturated heterocycles. The number of ether oxygens (including phenoxy) is 2. The lowest BCUT2D eigenvalue weighted by molar-refractivity contribution is -0.137. The molecule has 0 bridgehead atoms. The second kappa shape index (κ2) is 6.71. The van der Waals surface area contributed by atoms with Crippen molar-refractivity contribution in [2.45, 2.75) is 6.18 Å². The maximum atomic E-state index is 12.4. The van der Waals surface area contributed by atoms with E-state index in [-0.39, 0.29) is 12.4 Å². The zero-order valence-corrected chi connectivity index (χ0v) is 9.72. The molecule has 0 aliphatic carbocycles. The molecule has 0 spiro atoms. The van der Waals surface area contributed by atoms with Gasteiger partial charge < -0.3 is 9.47 Å². The van der Waals surface area contributed by atoms with Crippen LogP contribution in [0.3, 0.4) is 0 Å². The molecule has 0 radical (unpaired) electrons. The van der Waals surface area contributed by atoms with Gasteiger partial charge in [-0.05, 0) is 18.2 Å². The molecule has 0 amide bonds. The van der Waals surface area contributed by atoms with E-state index in [0.717, 1.165) is 12.1 Å². The van der Waals surface area contributed by atoms with Gasteiger partial charge in [0.25, 0.3) is 0 Å². The van der Waals surface area contributed by atoms with Gasteiger partial charge in [-0.15, -0.1) is 11.6 Å². The SMILES string of the molecule is FC(F)(F)c1cccc(OCCOCCCl)c1. The summed E-state index contributed by atoms with van der Waals surface area (Å²) in [5, 5.41) is 0. The fraction of sp³-hybridized carbons (Fsp3) is 0.455. The number of hydrogen-bond acceptors (Lipinski definition) is 2. The first-order valence-corrected chi connectivity index (χ1v) is 5.51. The molecule has 96 valence electrons. The predicted molar refractivity (Wildman–Crippen MR) is 58.5 cm³/mol. The number of benzene rings is 1. The zero-order chi connectivity index (χ0) is 12.7. The molecule has 6 heteroatoms. The summed E-state index contributed by atoms with van der Waals surface area (Å²) in [7, 11) is 0. The molecule has 2 nitrogen and oxygen atoms in total. The highest BCUT2D eigenvalue weighted by Crippen LogP contribution is 2.31. The van der Waals surface area contributed by atoms with Crippen LogP contribution in [0.25, 0.3) is 0 Å². The highest BCUT2D eigenvalue weighted by molar-refractivity contribution is 6.17. The van der Waals surface area contributed by atoms with Crippen LogP contribution in [-0.4, -0.2) is 25.7 Å². The Morgan fingerprint density at radius 1 is 1.12 bits per heavy atom. The maximum absolute atomic E-state index is 12.4. The molecule has 1 aromatic rings. The minimum atomic E-state index is -4.35. The lowest BCUT2D eigenvalue weighted by atomic mass is 10.2. The van der Waals surface area contributed by atoms with Crippen molar-refractivity contribution in [1.82, 2.24) is 0 Å². The normalized spacial score (nSPS) is 11.5. The van der Waals surface area contributed by atoms with E-state index in [4.69, 9.17) is 21.1 Å². The summed E-state index contributed by atoms with van der Waals surface area (Å²) < 4.78 is 47.2. The van der Waals surface area contributed by atoms with Gasteiger partial charge in [-0.2, -0.15) is 13.2 Å². The Hall–Kier alpha value is -0.940. The minimum Gasteiger partial charge on any atom is -0.491 e. The van der Waals surface area contributed by atoms with Gasteiger partial charge >= 0.3 is 6.18 Å². The van der Waals surface area contributed by atoms with Crippen molar-refractivity contribution >= 4 is 11.6 Å². The lowest BCUT2D eigenvalue weighted by Gasteiger charge is -2.10. The summed E-state index contributed by atoms with van der Waals surface area (Å²) in [5.41, 5.74) is -0.725. The van der Waals surface area contributed by atoms with Gasteiger partial charge in [0.2, 0.25) is 0 Å². The first-order chi connectivity index (χ1) is 8.04. The van der Waals surface area contributed by atoms with Crippen LogP contribution < -0.4 is 4.74 Å². The van der Waals surface area contributed by atoms with Crippen LogP contribution >= 0.6 is 11.6 Å². The maximum Gasteiger partial charge on any atom is 0.416 e. The van der Waals surface area contributed by atoms with Crippen molar-refractivity contribution < 1.29 is 22.6 Å². The molecular formula is C11H12ClF3O2. The molecule has 1 aromatic carbocycles. The topological polar surface area (TPSA) is 18.5 Å². The van der Waals surface area contributed by atoms with Gasteiger partial charge in [0.15, 0.2) is 0 Å². The molecule has 0 aliphatic heterocycles. The van der Waals surface area contributed by atoms with Gasteiger partial charge in [0, 0.05) is 5.88 Å². The second-order valence-electron chi connectivity index (χ2n) is 3.18. The standard InChI is InChI=1S/C11H12ClF3O2/c12-4-5-16-6-7-17-10-3-1-2-9(8-10)11(13,14)15/h1-3,8H,4-7H2. The van der Waals surface area contributed by atoms with Crippen LogP contribution in [0.1, 0.15) is 5.56 Å². The van der Waals surface area contributed by atoms with Crippen LogP contribution in [0.15, 0.2) is 24.3 Å². The third-order valence-electron chi connectivity index (χ3n) is 1.88. The lowest BCUT2D eigenvalue weighted by Crippen LogP contribution is -2.09. The Bertz CT molecular complexity index is 342. The van der Waals surface area contributed by atoms with E-state index in [1.165, 1.54) is 12.1 Å². The number of hydrogen-bond donors (Lipinski definition) is 0. The van der Waals surface area contributed by atoms with Gasteiger partial charge in [-0.3, -0.25) is 0 Å². The first-order valence-electron chi connectivity index (χ1n) is 4.98. The molecule has 0 aliphatic rings. The van der Waals surface area contributed by atoms with Crippen molar-refractivity contribution in [3.8, 4) is 5.75 Å². The third-order valence-corrected chi connectivity index (χ3v) is 2.03. The molecule has 0 saturated carbocycles. The molecule has 1 rings (SSSR count). The Labute approximate surface area is 102 Å². The number of rotatable bonds is 6. The molecular weight excluding hydrogens is 257 g/mol. The van der Waals surface area contributed by atoms with Crippen molar-refractivity contribution in [2.75, 3.05) is 25.7 Å². The van der Waals surface area contributed by atoms with E-state index < -0.39 is 11.7 Å². The molecule has 0 aromatic heterocycles. The van der Waals surface area contributed by atoms with Gasteiger partial charge in [0.05, 0.1) is 18.8 Å². The minimum absolute atomic E-state index is 0.175. The molecule has 0 fully saturated rings. The average molecular weight is 269 g/mol. The Morgan fingerprint density at radius 3 is 2.53 bits per heavy atom. The van der Waals surface area contributed by atoms with E-state index in [2.05, 4.69) is 0 Å². The number of halogens is 4. The zero-order valence-electron chi connectivity index (χ0n) is 8.97. The van der Waals surface area contributed by atoms with Crippen molar-refractivity contribution in [1.29, 1.82) is 0 Å². The fourth-order valence-electron chi connectivity index (χ4n) is 1.14. The smallest absolute Gasteiger partial charge is 0.416 e. The second-order valence-corrected chi connectivity index (χ2v) is 3.55. The molecule has 0 atom stereocenters. The van der Waals surface area contributed by atoms with Crippen molar-refractivity contribution in [3.63, 3.8) is 0 Å². The van der Waals surface area contributed by atoms with Gasteiger partial charge in [0.1, 0.15) is 12.4 Å². The summed E-state index contributed by atoms with van der Waals surface area (Å²) in [6, 6.07) is 4.73. The van der Waals surface area contributed by atoms with Crippen LogP contribution in [0, 0.1) is 0 Å². The van der Waals surface area contributed by atoms with E-state index in [1.807, 2.05) is 0 Å². The van der Waals surface area contributed by atoms with Gasteiger partial charge in [-0.1, -0.05) is 6.07 Å². The summed E-state index contributed by atoms with van der Waals surface area (Å²) in [6.07, 6.45) is -4.35. The van der Waals surface area contributed by atoms with Gasteiger partial charge in [-0.25, -0.2) is 0 Å². The molecule has 0 heterocycles. The third kappa shape index (κ3) is 5.28. The van der Waals surface area contributed by atoms with Crippen molar-refractivity contribution in [2.24, 2.45) is 0 Å². The van der Waals surface area contributed by atoms with E-state index >= 15 is 0 Å². The summed E-state index contributed by atoms with van der Waals surface area (Å²) in [6.45, 7) is 0.884. The van der Waals surface area contributed by atoms with Crippen molar-refractivity contribution in [3.05, 3.63) is 29.8 Å². The summed E-state index contributed by atoms with van der Waals surface area (Å²) >= 11 is 5.38. The first kappa shape index (κ1) is 14.1. The largest absolute Gasteiger partial charge is 0.491 e. The van der Waals surface area contributed by atoms with E-state index in [1.54, 1.807) is 0 Å². The van der Waals surface area contributed by atoms with E-state index in [9.17, 15) is 13.2 Å². The fourth-order valence-corrected chi connectivity index (χ4v) is 1.25. The Kier molecular flexibility index (Phi) is 5.58. The van der Waals surface area contributed by atoms with Crippen LogP contribution in [0.5, 0.6) is 5.75 Å². The average Bonchev–Trinajstić information content (AvgIpc) is 2.28. The molecule has 0 N–H and O–H groups in total. The highest BCUT2D eigenvalue weighted by Gasteiger charge is 2.30. The predicted octanol–water partition coefficient (Wildman–Crippen LogP) is 3.34. The Morgan fingerprint density at radius 2 is 1.88 bits per heavy atom. The summed E-state index contributed by atoms with van der Waals surface area (Å²) in [4.78, 5) is 0. The molecule has 0 unspecified atom stereocenters. The summed E-state index contributed by atoms with van der Waals surface area (Å²) in [5.74, 6) is 0.554. The number of alkyl halides is 4.